The number of rotatable bonds is 2. The molecule has 1 aromatic carbocycles. The van der Waals surface area contributed by atoms with E-state index < -0.39 is 6.36 Å². The number of hydrogen-bond acceptors (Lipinski definition) is 1. The van der Waals surface area contributed by atoms with E-state index in [9.17, 15) is 13.2 Å². The Balaban J connectivity index is 0.000000770. The van der Waals surface area contributed by atoms with Gasteiger partial charge in [0.1, 0.15) is 5.75 Å². The van der Waals surface area contributed by atoms with Gasteiger partial charge in [-0.25, -0.2) is 0 Å². The summed E-state index contributed by atoms with van der Waals surface area (Å²) in [5.74, 6) is 0.122. The fourth-order valence-corrected chi connectivity index (χ4v) is 1.05. The van der Waals surface area contributed by atoms with Crippen LogP contribution >= 0.6 is 0 Å². The molecule has 17 heavy (non-hydrogen) atoms. The largest absolute Gasteiger partial charge is 0.573 e. The van der Waals surface area contributed by atoms with Crippen molar-refractivity contribution in [2.24, 2.45) is 0 Å². The lowest BCUT2D eigenvalue weighted by molar-refractivity contribution is -0.274. The molecule has 0 N–H and O–H groups in total. The van der Waals surface area contributed by atoms with Gasteiger partial charge < -0.3 is 4.74 Å². The van der Waals surface area contributed by atoms with Crippen LogP contribution in [0.4, 0.5) is 13.2 Å². The third-order valence-electron chi connectivity index (χ3n) is 1.78. The average molecular weight is 248 g/mol. The summed E-state index contributed by atoms with van der Waals surface area (Å²) in [4.78, 5) is 0. The molecule has 0 saturated heterocycles. The minimum Gasteiger partial charge on any atom is -0.406 e. The second kappa shape index (κ2) is 7.20. The monoisotopic (exact) mass is 248 g/mol. The van der Waals surface area contributed by atoms with E-state index in [-0.39, 0.29) is 5.75 Å². The lowest BCUT2D eigenvalue weighted by Crippen LogP contribution is -2.17. The van der Waals surface area contributed by atoms with Gasteiger partial charge in [-0.05, 0) is 23.6 Å². The van der Waals surface area contributed by atoms with Gasteiger partial charge in [0.2, 0.25) is 0 Å². The highest BCUT2D eigenvalue weighted by Gasteiger charge is 2.30. The smallest absolute Gasteiger partial charge is 0.406 e. The SMILES string of the molecule is CC(C)c1ccc(OC(F)(F)F)cc1.CCC. The van der Waals surface area contributed by atoms with E-state index in [0.717, 1.165) is 5.56 Å². The van der Waals surface area contributed by atoms with Gasteiger partial charge in [-0.2, -0.15) is 0 Å². The van der Waals surface area contributed by atoms with Gasteiger partial charge in [0, 0.05) is 0 Å². The van der Waals surface area contributed by atoms with Gasteiger partial charge in [0.15, 0.2) is 0 Å². The topological polar surface area (TPSA) is 9.23 Å². The molecule has 1 aromatic rings. The van der Waals surface area contributed by atoms with Crippen molar-refractivity contribution in [3.63, 3.8) is 0 Å². The maximum atomic E-state index is 11.8. The van der Waals surface area contributed by atoms with E-state index in [1.54, 1.807) is 12.1 Å². The third-order valence-corrected chi connectivity index (χ3v) is 1.78. The molecule has 0 radical (unpaired) electrons. The number of halogens is 3. The van der Waals surface area contributed by atoms with Crippen molar-refractivity contribution in [3.05, 3.63) is 29.8 Å². The zero-order chi connectivity index (χ0) is 13.5. The fourth-order valence-electron chi connectivity index (χ4n) is 1.05. The highest BCUT2D eigenvalue weighted by Crippen LogP contribution is 2.24. The Morgan fingerprint density at radius 2 is 1.47 bits per heavy atom. The highest BCUT2D eigenvalue weighted by atomic mass is 19.4. The Labute approximate surface area is 101 Å². The Morgan fingerprint density at radius 1 is 1.06 bits per heavy atom. The van der Waals surface area contributed by atoms with Crippen molar-refractivity contribution in [3.8, 4) is 5.75 Å². The second-order valence-corrected chi connectivity index (χ2v) is 3.98. The zero-order valence-corrected chi connectivity index (χ0v) is 10.6. The first-order valence-electron chi connectivity index (χ1n) is 5.65. The van der Waals surface area contributed by atoms with Crippen molar-refractivity contribution < 1.29 is 17.9 Å². The van der Waals surface area contributed by atoms with Crippen molar-refractivity contribution >= 4 is 0 Å². The molecule has 0 fully saturated rings. The molecule has 4 heteroatoms. The van der Waals surface area contributed by atoms with Crippen molar-refractivity contribution in [1.82, 2.24) is 0 Å². The molecule has 0 aliphatic carbocycles. The summed E-state index contributed by atoms with van der Waals surface area (Å²) in [6.07, 6.45) is -3.36. The average Bonchev–Trinajstić information content (AvgIpc) is 2.17. The first-order chi connectivity index (χ1) is 7.80. The van der Waals surface area contributed by atoms with Crippen molar-refractivity contribution in [1.29, 1.82) is 0 Å². The van der Waals surface area contributed by atoms with Gasteiger partial charge in [0.05, 0.1) is 0 Å². The Kier molecular flexibility index (Phi) is 6.69. The van der Waals surface area contributed by atoms with Crippen LogP contribution in [0.5, 0.6) is 5.75 Å². The summed E-state index contributed by atoms with van der Waals surface area (Å²) in [6, 6.07) is 5.91. The minimum absolute atomic E-state index is 0.179. The van der Waals surface area contributed by atoms with Crippen LogP contribution in [0.25, 0.3) is 0 Å². The summed E-state index contributed by atoms with van der Waals surface area (Å²) < 4.78 is 39.1. The molecule has 1 rings (SSSR count). The summed E-state index contributed by atoms with van der Waals surface area (Å²) in [5, 5.41) is 0. The Morgan fingerprint density at radius 3 is 1.76 bits per heavy atom. The van der Waals surface area contributed by atoms with E-state index in [1.807, 2.05) is 13.8 Å². The molecule has 0 atom stereocenters. The Bertz CT molecular complexity index is 301. The normalized spacial score (nSPS) is 10.8. The molecule has 0 aliphatic rings. The fraction of sp³-hybridized carbons (Fsp3) is 0.538. The van der Waals surface area contributed by atoms with Crippen LogP contribution in [-0.2, 0) is 0 Å². The maximum Gasteiger partial charge on any atom is 0.573 e. The van der Waals surface area contributed by atoms with Gasteiger partial charge in [0.25, 0.3) is 0 Å². The van der Waals surface area contributed by atoms with E-state index >= 15 is 0 Å². The zero-order valence-electron chi connectivity index (χ0n) is 10.6. The first-order valence-corrected chi connectivity index (χ1v) is 5.65. The number of benzene rings is 1. The molecule has 0 spiro atoms. The first kappa shape index (κ1) is 15.8. The van der Waals surface area contributed by atoms with Crippen LogP contribution in [0.15, 0.2) is 24.3 Å². The number of alkyl halides is 3. The highest BCUT2D eigenvalue weighted by molar-refractivity contribution is 5.28. The van der Waals surface area contributed by atoms with E-state index in [1.165, 1.54) is 18.6 Å². The third kappa shape index (κ3) is 7.66. The lowest BCUT2D eigenvalue weighted by atomic mass is 10.0. The molecule has 0 bridgehead atoms. The molecule has 1 nitrogen and oxygen atoms in total. The molecule has 0 unspecified atom stereocenters. The molecule has 98 valence electrons. The summed E-state index contributed by atoms with van der Waals surface area (Å²) in [7, 11) is 0. The summed E-state index contributed by atoms with van der Waals surface area (Å²) >= 11 is 0. The molecule has 0 aliphatic heterocycles. The van der Waals surface area contributed by atoms with Crippen LogP contribution in [0, 0.1) is 0 Å². The van der Waals surface area contributed by atoms with Crippen LogP contribution in [0.3, 0.4) is 0 Å². The summed E-state index contributed by atoms with van der Waals surface area (Å²) in [5.41, 5.74) is 0.986. The van der Waals surface area contributed by atoms with Gasteiger partial charge >= 0.3 is 6.36 Å². The van der Waals surface area contributed by atoms with Crippen molar-refractivity contribution in [2.45, 2.75) is 46.4 Å². The predicted molar refractivity (Wildman–Crippen MR) is 63.2 cm³/mol. The Hall–Kier alpha value is -1.19. The number of hydrogen-bond donors (Lipinski definition) is 0. The number of ether oxygens (including phenoxy) is 1. The van der Waals surface area contributed by atoms with Crippen LogP contribution in [0.2, 0.25) is 0 Å². The van der Waals surface area contributed by atoms with Crippen LogP contribution < -0.4 is 4.74 Å². The van der Waals surface area contributed by atoms with Gasteiger partial charge in [-0.1, -0.05) is 46.2 Å². The van der Waals surface area contributed by atoms with Crippen LogP contribution in [0.1, 0.15) is 45.6 Å². The second-order valence-electron chi connectivity index (χ2n) is 3.98. The van der Waals surface area contributed by atoms with E-state index in [2.05, 4.69) is 18.6 Å². The maximum absolute atomic E-state index is 11.8. The molecular formula is C13H19F3O. The molecule has 0 aromatic heterocycles. The predicted octanol–water partition coefficient (Wildman–Crippen LogP) is 5.12. The van der Waals surface area contributed by atoms with Gasteiger partial charge in [-0.15, -0.1) is 13.2 Å². The molecule has 0 amide bonds. The summed E-state index contributed by atoms with van der Waals surface area (Å²) in [6.45, 7) is 8.19. The molecule has 0 heterocycles. The minimum atomic E-state index is -4.61. The van der Waals surface area contributed by atoms with E-state index in [4.69, 9.17) is 0 Å². The molecular weight excluding hydrogens is 229 g/mol. The lowest BCUT2D eigenvalue weighted by Gasteiger charge is -2.10. The van der Waals surface area contributed by atoms with E-state index in [0.29, 0.717) is 5.92 Å². The standard InChI is InChI=1S/C10H11F3O.C3H8/c1-7(2)8-3-5-9(6-4-8)14-10(11,12)13;1-3-2/h3-7H,1-2H3;3H2,1-2H3. The van der Waals surface area contributed by atoms with Crippen molar-refractivity contribution in [2.75, 3.05) is 0 Å². The van der Waals surface area contributed by atoms with Gasteiger partial charge in [-0.3, -0.25) is 0 Å². The quantitative estimate of drug-likeness (QED) is 0.705. The van der Waals surface area contributed by atoms with Crippen LogP contribution in [-0.4, -0.2) is 6.36 Å². The molecule has 0 saturated carbocycles.